The van der Waals surface area contributed by atoms with Gasteiger partial charge >= 0.3 is 0 Å². The maximum Gasteiger partial charge on any atom is 0.293 e. The number of amides is 2. The van der Waals surface area contributed by atoms with E-state index in [1.54, 1.807) is 49.6 Å². The van der Waals surface area contributed by atoms with Crippen molar-refractivity contribution in [2.75, 3.05) is 20.3 Å². The number of rotatable bonds is 7. The number of imide groups is 1. The molecule has 0 N–H and O–H groups in total. The summed E-state index contributed by atoms with van der Waals surface area (Å²) in [5.41, 5.74) is 1.15. The standard InChI is InChI=1S/C24H18N2O5S/c1-29-20-8-4-5-9-21(20)30-13-12-26-23(27)22(32-24(26)28)14-17-10-11-19(31-17)18-7-3-2-6-16(18)15-25/h2-11,14H,12-13H2,1H3/b22-14-. The molecule has 0 radical (unpaired) electrons. The monoisotopic (exact) mass is 446 g/mol. The Labute approximate surface area is 188 Å². The normalized spacial score (nSPS) is 14.6. The number of methoxy groups -OCH3 is 1. The zero-order valence-corrected chi connectivity index (χ0v) is 17.9. The minimum absolute atomic E-state index is 0.110. The summed E-state index contributed by atoms with van der Waals surface area (Å²) in [6.45, 7) is 0.251. The van der Waals surface area contributed by atoms with Crippen molar-refractivity contribution >= 4 is 29.0 Å². The zero-order chi connectivity index (χ0) is 22.5. The third-order valence-corrected chi connectivity index (χ3v) is 5.64. The molecule has 3 aromatic rings. The van der Waals surface area contributed by atoms with E-state index in [0.29, 0.717) is 34.1 Å². The Balaban J connectivity index is 1.44. The third-order valence-electron chi connectivity index (χ3n) is 4.73. The van der Waals surface area contributed by atoms with Gasteiger partial charge in [-0.1, -0.05) is 24.3 Å². The quantitative estimate of drug-likeness (QED) is 0.475. The molecule has 0 unspecified atom stereocenters. The van der Waals surface area contributed by atoms with Crippen LogP contribution in [-0.4, -0.2) is 36.3 Å². The lowest BCUT2D eigenvalue weighted by molar-refractivity contribution is -0.123. The highest BCUT2D eigenvalue weighted by Gasteiger charge is 2.35. The Bertz CT molecular complexity index is 1240. The molecule has 0 spiro atoms. The van der Waals surface area contributed by atoms with E-state index in [1.165, 1.54) is 6.08 Å². The van der Waals surface area contributed by atoms with Gasteiger partial charge in [-0.05, 0) is 48.2 Å². The van der Waals surface area contributed by atoms with Gasteiger partial charge in [0.1, 0.15) is 18.1 Å². The summed E-state index contributed by atoms with van der Waals surface area (Å²) < 4.78 is 16.7. The van der Waals surface area contributed by atoms with Gasteiger partial charge in [-0.25, -0.2) is 0 Å². The number of carbonyl (C=O) groups excluding carboxylic acids is 2. The van der Waals surface area contributed by atoms with Crippen LogP contribution in [0.4, 0.5) is 4.79 Å². The number of nitrogens with zero attached hydrogens (tertiary/aromatic N) is 2. The molecule has 32 heavy (non-hydrogen) atoms. The molecular formula is C24H18N2O5S. The van der Waals surface area contributed by atoms with E-state index in [9.17, 15) is 14.9 Å². The van der Waals surface area contributed by atoms with Crippen LogP contribution in [0.15, 0.2) is 70.0 Å². The fourth-order valence-electron chi connectivity index (χ4n) is 3.18. The van der Waals surface area contributed by atoms with E-state index >= 15 is 0 Å². The van der Waals surface area contributed by atoms with Crippen LogP contribution < -0.4 is 9.47 Å². The maximum absolute atomic E-state index is 12.7. The second-order valence-electron chi connectivity index (χ2n) is 6.69. The Morgan fingerprint density at radius 3 is 2.59 bits per heavy atom. The van der Waals surface area contributed by atoms with E-state index in [0.717, 1.165) is 16.7 Å². The van der Waals surface area contributed by atoms with Crippen LogP contribution in [-0.2, 0) is 4.79 Å². The lowest BCUT2D eigenvalue weighted by atomic mass is 10.1. The molecule has 2 heterocycles. The highest BCUT2D eigenvalue weighted by Crippen LogP contribution is 2.34. The van der Waals surface area contributed by atoms with Gasteiger partial charge in [0.2, 0.25) is 0 Å². The number of para-hydroxylation sites is 2. The Hall–Kier alpha value is -3.96. The van der Waals surface area contributed by atoms with Crippen LogP contribution in [0.2, 0.25) is 0 Å². The lowest BCUT2D eigenvalue weighted by Gasteiger charge is -2.14. The Morgan fingerprint density at radius 1 is 1.06 bits per heavy atom. The molecule has 2 aromatic carbocycles. The fraction of sp³-hybridized carbons (Fsp3) is 0.125. The van der Waals surface area contributed by atoms with Crippen molar-refractivity contribution in [2.24, 2.45) is 0 Å². The van der Waals surface area contributed by atoms with Gasteiger partial charge < -0.3 is 13.9 Å². The molecule has 1 fully saturated rings. The molecule has 1 aliphatic heterocycles. The topological polar surface area (TPSA) is 92.8 Å². The number of hydrogen-bond acceptors (Lipinski definition) is 7. The molecule has 0 bridgehead atoms. The molecule has 1 aromatic heterocycles. The maximum atomic E-state index is 12.7. The first kappa shape index (κ1) is 21.3. The van der Waals surface area contributed by atoms with Crippen LogP contribution in [0.25, 0.3) is 17.4 Å². The van der Waals surface area contributed by atoms with Crippen molar-refractivity contribution in [3.8, 4) is 28.9 Å². The Kier molecular flexibility index (Phi) is 6.29. The molecule has 0 atom stereocenters. The van der Waals surface area contributed by atoms with Crippen molar-refractivity contribution in [1.29, 1.82) is 5.26 Å². The molecule has 1 aliphatic rings. The minimum atomic E-state index is -0.404. The predicted octanol–water partition coefficient (Wildman–Crippen LogP) is 4.94. The summed E-state index contributed by atoms with van der Waals surface area (Å²) in [5, 5.41) is 8.90. The van der Waals surface area contributed by atoms with Crippen molar-refractivity contribution in [1.82, 2.24) is 4.90 Å². The average Bonchev–Trinajstić information content (AvgIpc) is 3.39. The first-order valence-electron chi connectivity index (χ1n) is 9.71. The molecule has 1 saturated heterocycles. The number of thioether (sulfide) groups is 1. The van der Waals surface area contributed by atoms with Gasteiger partial charge in [0.05, 0.1) is 30.2 Å². The molecule has 2 amide bonds. The van der Waals surface area contributed by atoms with Crippen molar-refractivity contribution in [3.63, 3.8) is 0 Å². The van der Waals surface area contributed by atoms with E-state index in [4.69, 9.17) is 13.9 Å². The van der Waals surface area contributed by atoms with Crippen molar-refractivity contribution in [3.05, 3.63) is 76.9 Å². The van der Waals surface area contributed by atoms with Gasteiger partial charge in [-0.2, -0.15) is 5.26 Å². The molecule has 8 heteroatoms. The number of furan rings is 1. The zero-order valence-electron chi connectivity index (χ0n) is 17.1. The number of carbonyl (C=O) groups is 2. The highest BCUT2D eigenvalue weighted by atomic mass is 32.2. The van der Waals surface area contributed by atoms with Crippen molar-refractivity contribution < 1.29 is 23.5 Å². The van der Waals surface area contributed by atoms with Gasteiger partial charge in [-0.15, -0.1) is 0 Å². The molecule has 160 valence electrons. The summed E-state index contributed by atoms with van der Waals surface area (Å²) in [4.78, 5) is 26.5. The Morgan fingerprint density at radius 2 is 1.81 bits per heavy atom. The van der Waals surface area contributed by atoms with Crippen LogP contribution in [0, 0.1) is 11.3 Å². The van der Waals surface area contributed by atoms with Gasteiger partial charge in [0.25, 0.3) is 11.1 Å². The van der Waals surface area contributed by atoms with Gasteiger partial charge in [0.15, 0.2) is 11.5 Å². The number of benzene rings is 2. The van der Waals surface area contributed by atoms with Gasteiger partial charge in [-0.3, -0.25) is 14.5 Å². The summed E-state index contributed by atoms with van der Waals surface area (Å²) in [6.07, 6.45) is 1.53. The van der Waals surface area contributed by atoms with Crippen LogP contribution in [0.3, 0.4) is 0 Å². The largest absolute Gasteiger partial charge is 0.493 e. The second kappa shape index (κ2) is 9.45. The average molecular weight is 446 g/mol. The van der Waals surface area contributed by atoms with E-state index < -0.39 is 5.91 Å². The molecule has 7 nitrogen and oxygen atoms in total. The molecule has 0 aliphatic carbocycles. The number of nitriles is 1. The summed E-state index contributed by atoms with van der Waals surface area (Å²) in [5.74, 6) is 1.65. The fourth-order valence-corrected chi connectivity index (χ4v) is 4.02. The summed E-state index contributed by atoms with van der Waals surface area (Å²) in [6, 6.07) is 19.8. The predicted molar refractivity (Wildman–Crippen MR) is 120 cm³/mol. The van der Waals surface area contributed by atoms with Gasteiger partial charge in [0, 0.05) is 11.6 Å². The van der Waals surface area contributed by atoms with Crippen LogP contribution in [0.5, 0.6) is 11.5 Å². The van der Waals surface area contributed by atoms with Crippen molar-refractivity contribution in [2.45, 2.75) is 0 Å². The van der Waals surface area contributed by atoms with Crippen LogP contribution >= 0.6 is 11.8 Å². The smallest absolute Gasteiger partial charge is 0.293 e. The molecule has 0 saturated carbocycles. The first-order valence-corrected chi connectivity index (χ1v) is 10.5. The summed E-state index contributed by atoms with van der Waals surface area (Å²) in [7, 11) is 1.54. The number of ether oxygens (including phenoxy) is 2. The minimum Gasteiger partial charge on any atom is -0.493 e. The van der Waals surface area contributed by atoms with E-state index in [1.807, 2.05) is 18.2 Å². The van der Waals surface area contributed by atoms with E-state index in [-0.39, 0.29) is 23.3 Å². The second-order valence-corrected chi connectivity index (χ2v) is 7.69. The van der Waals surface area contributed by atoms with E-state index in [2.05, 4.69) is 6.07 Å². The first-order chi connectivity index (χ1) is 15.6. The van der Waals surface area contributed by atoms with Crippen LogP contribution in [0.1, 0.15) is 11.3 Å². The summed E-state index contributed by atoms with van der Waals surface area (Å²) >= 11 is 0.849. The number of hydrogen-bond donors (Lipinski definition) is 0. The third kappa shape index (κ3) is 4.38. The molecule has 4 rings (SSSR count). The lowest BCUT2D eigenvalue weighted by Crippen LogP contribution is -2.32. The molecular weight excluding hydrogens is 428 g/mol. The SMILES string of the molecule is COc1ccccc1OCCN1C(=O)S/C(=C\c2ccc(-c3ccccc3C#N)o2)C1=O. The highest BCUT2D eigenvalue weighted by molar-refractivity contribution is 8.18.